The average Bonchev–Trinajstić information content (AvgIpc) is 2.31. The van der Waals surface area contributed by atoms with Crippen molar-refractivity contribution >= 4 is 5.69 Å². The molecule has 0 radical (unpaired) electrons. The van der Waals surface area contributed by atoms with Crippen LogP contribution in [0.25, 0.3) is 0 Å². The molecule has 0 heterocycles. The SMILES string of the molecule is C#Cc1cccc(N)c1.Cc1ccccc1. The molecule has 80 valence electrons. The van der Waals surface area contributed by atoms with Crippen LogP contribution in [0.1, 0.15) is 11.1 Å². The van der Waals surface area contributed by atoms with E-state index in [2.05, 4.69) is 25.0 Å². The number of terminal acetylenes is 1. The molecule has 0 unspecified atom stereocenters. The van der Waals surface area contributed by atoms with Gasteiger partial charge in [-0.25, -0.2) is 0 Å². The van der Waals surface area contributed by atoms with Gasteiger partial charge in [0.1, 0.15) is 0 Å². The first-order valence-corrected chi connectivity index (χ1v) is 5.06. The van der Waals surface area contributed by atoms with E-state index in [1.54, 1.807) is 12.1 Å². The molecule has 0 aliphatic heterocycles. The summed E-state index contributed by atoms with van der Waals surface area (Å²) in [6.07, 6.45) is 5.11. The molecule has 0 fully saturated rings. The van der Waals surface area contributed by atoms with E-state index >= 15 is 0 Å². The number of nitrogens with two attached hydrogens (primary N) is 1. The van der Waals surface area contributed by atoms with Crippen molar-refractivity contribution in [1.29, 1.82) is 0 Å². The monoisotopic (exact) mass is 209 g/mol. The first-order valence-electron chi connectivity index (χ1n) is 5.06. The Kier molecular flexibility index (Phi) is 4.69. The molecule has 1 nitrogen and oxygen atoms in total. The fraction of sp³-hybridized carbons (Fsp3) is 0.0667. The van der Waals surface area contributed by atoms with Crippen LogP contribution >= 0.6 is 0 Å². The fourth-order valence-electron chi connectivity index (χ4n) is 1.16. The summed E-state index contributed by atoms with van der Waals surface area (Å²) in [4.78, 5) is 0. The molecule has 0 aromatic heterocycles. The van der Waals surface area contributed by atoms with Crippen LogP contribution < -0.4 is 5.73 Å². The summed E-state index contributed by atoms with van der Waals surface area (Å²) >= 11 is 0. The smallest absolute Gasteiger partial charge is 0.0326 e. The van der Waals surface area contributed by atoms with E-state index in [4.69, 9.17) is 12.2 Å². The van der Waals surface area contributed by atoms with Crippen LogP contribution in [0.5, 0.6) is 0 Å². The van der Waals surface area contributed by atoms with Crippen molar-refractivity contribution in [2.24, 2.45) is 0 Å². The molecular formula is C15H15N. The molecule has 0 aliphatic rings. The molecule has 2 aromatic rings. The largest absolute Gasteiger partial charge is 0.399 e. The van der Waals surface area contributed by atoms with Gasteiger partial charge < -0.3 is 5.73 Å². The molecule has 1 heteroatoms. The summed E-state index contributed by atoms with van der Waals surface area (Å²) in [5.74, 6) is 2.49. The maximum absolute atomic E-state index is 5.44. The van der Waals surface area contributed by atoms with Gasteiger partial charge >= 0.3 is 0 Å². The Bertz CT molecular complexity index is 466. The van der Waals surface area contributed by atoms with Crippen molar-refractivity contribution in [3.63, 3.8) is 0 Å². The zero-order valence-electron chi connectivity index (χ0n) is 9.35. The van der Waals surface area contributed by atoms with E-state index < -0.39 is 0 Å². The van der Waals surface area contributed by atoms with Crippen molar-refractivity contribution < 1.29 is 0 Å². The first kappa shape index (κ1) is 11.9. The van der Waals surface area contributed by atoms with Crippen LogP contribution in [0.3, 0.4) is 0 Å². The maximum atomic E-state index is 5.44. The molecule has 0 amide bonds. The third kappa shape index (κ3) is 4.34. The molecule has 2 N–H and O–H groups in total. The van der Waals surface area contributed by atoms with Gasteiger partial charge in [0.05, 0.1) is 0 Å². The molecule has 0 spiro atoms. The zero-order chi connectivity index (χ0) is 11.8. The minimum Gasteiger partial charge on any atom is -0.399 e. The third-order valence-electron chi connectivity index (χ3n) is 1.99. The fourth-order valence-corrected chi connectivity index (χ4v) is 1.16. The lowest BCUT2D eigenvalue weighted by Crippen LogP contribution is -1.83. The van der Waals surface area contributed by atoms with E-state index in [0.29, 0.717) is 5.69 Å². The summed E-state index contributed by atoms with van der Waals surface area (Å²) in [6.45, 7) is 2.08. The van der Waals surface area contributed by atoms with E-state index in [1.165, 1.54) is 5.56 Å². The Balaban J connectivity index is 0.000000165. The van der Waals surface area contributed by atoms with Crippen molar-refractivity contribution in [3.05, 3.63) is 65.7 Å². The van der Waals surface area contributed by atoms with Gasteiger partial charge in [-0.2, -0.15) is 0 Å². The second-order valence-corrected chi connectivity index (χ2v) is 3.42. The van der Waals surface area contributed by atoms with E-state index in [-0.39, 0.29) is 0 Å². The Labute approximate surface area is 96.9 Å². The van der Waals surface area contributed by atoms with Gasteiger partial charge in [-0.05, 0) is 25.1 Å². The van der Waals surface area contributed by atoms with Gasteiger partial charge in [-0.3, -0.25) is 0 Å². The van der Waals surface area contributed by atoms with Crippen LogP contribution in [-0.2, 0) is 0 Å². The van der Waals surface area contributed by atoms with Crippen LogP contribution in [0, 0.1) is 19.3 Å². The van der Waals surface area contributed by atoms with Crippen molar-refractivity contribution in [2.75, 3.05) is 5.73 Å². The lowest BCUT2D eigenvalue weighted by Gasteiger charge is -1.90. The lowest BCUT2D eigenvalue weighted by atomic mass is 10.2. The van der Waals surface area contributed by atoms with Gasteiger partial charge in [0, 0.05) is 11.3 Å². The number of benzene rings is 2. The van der Waals surface area contributed by atoms with Gasteiger partial charge in [0.2, 0.25) is 0 Å². The Morgan fingerprint density at radius 3 is 2.06 bits per heavy atom. The van der Waals surface area contributed by atoms with Gasteiger partial charge in [0.15, 0.2) is 0 Å². The Morgan fingerprint density at radius 1 is 1.00 bits per heavy atom. The Hall–Kier alpha value is -2.20. The minimum absolute atomic E-state index is 0.713. The molecule has 0 saturated heterocycles. The zero-order valence-corrected chi connectivity index (χ0v) is 9.35. The number of nitrogen functional groups attached to an aromatic ring is 1. The molecule has 0 atom stereocenters. The van der Waals surface area contributed by atoms with Crippen molar-refractivity contribution in [3.8, 4) is 12.3 Å². The molecule has 2 aromatic carbocycles. The highest BCUT2D eigenvalue weighted by molar-refractivity contribution is 5.46. The number of anilines is 1. The second-order valence-electron chi connectivity index (χ2n) is 3.42. The summed E-state index contributed by atoms with van der Waals surface area (Å²) in [7, 11) is 0. The van der Waals surface area contributed by atoms with Gasteiger partial charge in [0.25, 0.3) is 0 Å². The molecule has 16 heavy (non-hydrogen) atoms. The number of rotatable bonds is 0. The molecule has 0 bridgehead atoms. The quantitative estimate of drug-likeness (QED) is 0.523. The molecule has 2 rings (SSSR count). The highest BCUT2D eigenvalue weighted by Gasteiger charge is 1.84. The van der Waals surface area contributed by atoms with Crippen LogP contribution in [-0.4, -0.2) is 0 Å². The average molecular weight is 209 g/mol. The van der Waals surface area contributed by atoms with Crippen LogP contribution in [0.15, 0.2) is 54.6 Å². The summed E-state index contributed by atoms with van der Waals surface area (Å²) < 4.78 is 0. The number of aryl methyl sites for hydroxylation is 1. The first-order chi connectivity index (χ1) is 7.72. The molecule has 0 saturated carbocycles. The predicted octanol–water partition coefficient (Wildman–Crippen LogP) is 3.25. The minimum atomic E-state index is 0.713. The number of hydrogen-bond acceptors (Lipinski definition) is 1. The van der Waals surface area contributed by atoms with E-state index in [0.717, 1.165) is 5.56 Å². The standard InChI is InChI=1S/C8H7N.C7H8/c1-2-7-4-3-5-8(9)6-7;1-7-5-3-2-4-6-7/h1,3-6H,9H2;2-6H,1H3. The highest BCUT2D eigenvalue weighted by Crippen LogP contribution is 2.03. The summed E-state index contributed by atoms with van der Waals surface area (Å²) in [5, 5.41) is 0. The Morgan fingerprint density at radius 2 is 1.69 bits per heavy atom. The van der Waals surface area contributed by atoms with Crippen molar-refractivity contribution in [2.45, 2.75) is 6.92 Å². The highest BCUT2D eigenvalue weighted by atomic mass is 14.5. The maximum Gasteiger partial charge on any atom is 0.0326 e. The van der Waals surface area contributed by atoms with Crippen LogP contribution in [0.4, 0.5) is 5.69 Å². The summed E-state index contributed by atoms with van der Waals surface area (Å²) in [5.41, 5.74) is 8.30. The van der Waals surface area contributed by atoms with E-state index in [9.17, 15) is 0 Å². The van der Waals surface area contributed by atoms with Crippen LogP contribution in [0.2, 0.25) is 0 Å². The van der Waals surface area contributed by atoms with Crippen molar-refractivity contribution in [1.82, 2.24) is 0 Å². The topological polar surface area (TPSA) is 26.0 Å². The number of hydrogen-bond donors (Lipinski definition) is 1. The predicted molar refractivity (Wildman–Crippen MR) is 70.0 cm³/mol. The van der Waals surface area contributed by atoms with Gasteiger partial charge in [-0.1, -0.05) is 47.9 Å². The van der Waals surface area contributed by atoms with E-state index in [1.807, 2.05) is 30.3 Å². The normalized spacial score (nSPS) is 8.50. The molecule has 0 aliphatic carbocycles. The third-order valence-corrected chi connectivity index (χ3v) is 1.99. The lowest BCUT2D eigenvalue weighted by molar-refractivity contribution is 1.48. The summed E-state index contributed by atoms with van der Waals surface area (Å²) in [6, 6.07) is 17.5. The second kappa shape index (κ2) is 6.31. The van der Waals surface area contributed by atoms with Gasteiger partial charge in [-0.15, -0.1) is 6.42 Å². The molecular weight excluding hydrogens is 194 g/mol.